The van der Waals surface area contributed by atoms with E-state index in [1.807, 2.05) is 31.2 Å². The van der Waals surface area contributed by atoms with Crippen LogP contribution in [0.5, 0.6) is 0 Å². The molecule has 0 aliphatic carbocycles. The van der Waals surface area contributed by atoms with Crippen molar-refractivity contribution in [2.75, 3.05) is 0 Å². The molecule has 0 amide bonds. The minimum Gasteiger partial charge on any atom is -0.280 e. The summed E-state index contributed by atoms with van der Waals surface area (Å²) in [6.45, 7) is 4.15. The second-order valence-corrected chi connectivity index (χ2v) is 4.60. The van der Waals surface area contributed by atoms with Gasteiger partial charge in [-0.2, -0.15) is 0 Å². The predicted molar refractivity (Wildman–Crippen MR) is 75.4 cm³/mol. The van der Waals surface area contributed by atoms with E-state index >= 15 is 0 Å². The third kappa shape index (κ3) is 2.10. The minimum atomic E-state index is 0.893. The standard InChI is InChI=1S/C15H16N4/c1-3-6-12-9-15(17-10-16-12)19-11(2)18-13-7-4-5-8-14(13)19/h4-5,7-10H,3,6H2,1-2H3. The molecule has 0 fully saturated rings. The average molecular weight is 252 g/mol. The summed E-state index contributed by atoms with van der Waals surface area (Å²) in [7, 11) is 0. The number of para-hydroxylation sites is 2. The average Bonchev–Trinajstić information content (AvgIpc) is 2.75. The molecular formula is C15H16N4. The summed E-state index contributed by atoms with van der Waals surface area (Å²) in [5.41, 5.74) is 3.15. The van der Waals surface area contributed by atoms with Gasteiger partial charge in [0.05, 0.1) is 11.0 Å². The van der Waals surface area contributed by atoms with Crippen molar-refractivity contribution < 1.29 is 0 Å². The smallest absolute Gasteiger partial charge is 0.142 e. The van der Waals surface area contributed by atoms with Crippen LogP contribution in [0.25, 0.3) is 16.9 Å². The highest BCUT2D eigenvalue weighted by Gasteiger charge is 2.10. The van der Waals surface area contributed by atoms with Crippen LogP contribution in [-0.4, -0.2) is 19.5 Å². The van der Waals surface area contributed by atoms with Crippen LogP contribution in [0, 0.1) is 6.92 Å². The van der Waals surface area contributed by atoms with Gasteiger partial charge >= 0.3 is 0 Å². The molecule has 0 radical (unpaired) electrons. The fraction of sp³-hybridized carbons (Fsp3) is 0.267. The molecule has 0 N–H and O–H groups in total. The number of aryl methyl sites for hydroxylation is 2. The Hall–Kier alpha value is -2.23. The van der Waals surface area contributed by atoms with E-state index in [0.29, 0.717) is 0 Å². The molecule has 3 aromatic rings. The van der Waals surface area contributed by atoms with Gasteiger partial charge in [-0.05, 0) is 25.5 Å². The highest BCUT2D eigenvalue weighted by atomic mass is 15.1. The Bertz CT molecular complexity index is 715. The highest BCUT2D eigenvalue weighted by Crippen LogP contribution is 2.19. The summed E-state index contributed by atoms with van der Waals surface area (Å²) in [6.07, 6.45) is 3.69. The molecule has 2 aromatic heterocycles. The van der Waals surface area contributed by atoms with E-state index < -0.39 is 0 Å². The number of hydrogen-bond donors (Lipinski definition) is 0. The summed E-state index contributed by atoms with van der Waals surface area (Å²) < 4.78 is 2.08. The first kappa shape index (κ1) is 11.8. The van der Waals surface area contributed by atoms with Gasteiger partial charge in [0.15, 0.2) is 0 Å². The first-order valence-corrected chi connectivity index (χ1v) is 6.55. The van der Waals surface area contributed by atoms with Gasteiger partial charge in [-0.15, -0.1) is 0 Å². The van der Waals surface area contributed by atoms with Gasteiger partial charge in [0.2, 0.25) is 0 Å². The second kappa shape index (κ2) is 4.80. The molecule has 4 nitrogen and oxygen atoms in total. The van der Waals surface area contributed by atoms with Crippen molar-refractivity contribution in [2.45, 2.75) is 26.7 Å². The minimum absolute atomic E-state index is 0.893. The van der Waals surface area contributed by atoms with Crippen molar-refractivity contribution in [1.82, 2.24) is 19.5 Å². The lowest BCUT2D eigenvalue weighted by atomic mass is 10.2. The third-order valence-corrected chi connectivity index (χ3v) is 3.17. The lowest BCUT2D eigenvalue weighted by Crippen LogP contribution is -2.02. The lowest BCUT2D eigenvalue weighted by molar-refractivity contribution is 0.854. The van der Waals surface area contributed by atoms with Crippen molar-refractivity contribution in [3.63, 3.8) is 0 Å². The van der Waals surface area contributed by atoms with Crippen LogP contribution in [-0.2, 0) is 6.42 Å². The quantitative estimate of drug-likeness (QED) is 0.719. The maximum Gasteiger partial charge on any atom is 0.142 e. The maximum absolute atomic E-state index is 4.57. The van der Waals surface area contributed by atoms with E-state index in [0.717, 1.165) is 41.2 Å². The predicted octanol–water partition coefficient (Wildman–Crippen LogP) is 3.08. The molecule has 0 saturated carbocycles. The monoisotopic (exact) mass is 252 g/mol. The molecule has 0 atom stereocenters. The van der Waals surface area contributed by atoms with E-state index in [1.54, 1.807) is 6.33 Å². The number of rotatable bonds is 3. The molecule has 19 heavy (non-hydrogen) atoms. The number of imidazole rings is 1. The van der Waals surface area contributed by atoms with E-state index in [-0.39, 0.29) is 0 Å². The highest BCUT2D eigenvalue weighted by molar-refractivity contribution is 5.77. The van der Waals surface area contributed by atoms with Gasteiger partial charge in [-0.1, -0.05) is 25.5 Å². The molecule has 96 valence electrons. The van der Waals surface area contributed by atoms with E-state index in [1.165, 1.54) is 0 Å². The molecule has 1 aromatic carbocycles. The number of fused-ring (bicyclic) bond motifs is 1. The second-order valence-electron chi connectivity index (χ2n) is 4.60. The van der Waals surface area contributed by atoms with Crippen LogP contribution < -0.4 is 0 Å². The summed E-state index contributed by atoms with van der Waals surface area (Å²) in [5.74, 6) is 1.84. The Morgan fingerprint density at radius 3 is 2.84 bits per heavy atom. The van der Waals surface area contributed by atoms with Crippen LogP contribution in [0.1, 0.15) is 24.9 Å². The van der Waals surface area contributed by atoms with Crippen molar-refractivity contribution in [3.05, 3.63) is 48.2 Å². The molecule has 0 aliphatic heterocycles. The Morgan fingerprint density at radius 1 is 1.16 bits per heavy atom. The van der Waals surface area contributed by atoms with E-state index in [4.69, 9.17) is 0 Å². The fourth-order valence-corrected chi connectivity index (χ4v) is 2.34. The van der Waals surface area contributed by atoms with Gasteiger partial charge in [-0.25, -0.2) is 15.0 Å². The largest absolute Gasteiger partial charge is 0.280 e. The summed E-state index contributed by atoms with van der Waals surface area (Å²) >= 11 is 0. The Labute approximate surface area is 112 Å². The molecule has 0 bridgehead atoms. The number of hydrogen-bond acceptors (Lipinski definition) is 3. The third-order valence-electron chi connectivity index (χ3n) is 3.17. The molecule has 0 aliphatic rings. The lowest BCUT2D eigenvalue weighted by Gasteiger charge is -2.07. The fourth-order valence-electron chi connectivity index (χ4n) is 2.34. The number of benzene rings is 1. The Balaban J connectivity index is 2.18. The van der Waals surface area contributed by atoms with Gasteiger partial charge < -0.3 is 0 Å². The zero-order valence-electron chi connectivity index (χ0n) is 11.2. The molecule has 4 heteroatoms. The summed E-state index contributed by atoms with van der Waals surface area (Å²) in [4.78, 5) is 13.3. The van der Waals surface area contributed by atoms with Crippen molar-refractivity contribution in [3.8, 4) is 5.82 Å². The summed E-state index contributed by atoms with van der Waals surface area (Å²) in [5, 5.41) is 0. The normalized spacial score (nSPS) is 11.1. The van der Waals surface area contributed by atoms with Crippen molar-refractivity contribution in [2.24, 2.45) is 0 Å². The maximum atomic E-state index is 4.57. The Morgan fingerprint density at radius 2 is 2.00 bits per heavy atom. The van der Waals surface area contributed by atoms with Gasteiger partial charge in [0, 0.05) is 11.8 Å². The topological polar surface area (TPSA) is 43.6 Å². The number of nitrogens with zero attached hydrogens (tertiary/aromatic N) is 4. The zero-order valence-corrected chi connectivity index (χ0v) is 11.2. The van der Waals surface area contributed by atoms with Gasteiger partial charge in [0.25, 0.3) is 0 Å². The van der Waals surface area contributed by atoms with Crippen LogP contribution in [0.2, 0.25) is 0 Å². The molecular weight excluding hydrogens is 236 g/mol. The first-order chi connectivity index (χ1) is 9.29. The Kier molecular flexibility index (Phi) is 2.99. The summed E-state index contributed by atoms with van der Waals surface area (Å²) in [6, 6.07) is 10.2. The van der Waals surface area contributed by atoms with Crippen LogP contribution >= 0.6 is 0 Å². The van der Waals surface area contributed by atoms with Crippen molar-refractivity contribution in [1.29, 1.82) is 0 Å². The molecule has 2 heterocycles. The molecule has 0 unspecified atom stereocenters. The SMILES string of the molecule is CCCc1cc(-n2c(C)nc3ccccc32)ncn1. The molecule has 0 saturated heterocycles. The number of aromatic nitrogens is 4. The molecule has 0 spiro atoms. The van der Waals surface area contributed by atoms with E-state index in [9.17, 15) is 0 Å². The van der Waals surface area contributed by atoms with Crippen LogP contribution in [0.3, 0.4) is 0 Å². The van der Waals surface area contributed by atoms with Crippen LogP contribution in [0.15, 0.2) is 36.7 Å². The van der Waals surface area contributed by atoms with Gasteiger partial charge in [0.1, 0.15) is 18.0 Å². The van der Waals surface area contributed by atoms with Crippen LogP contribution in [0.4, 0.5) is 0 Å². The first-order valence-electron chi connectivity index (χ1n) is 6.55. The van der Waals surface area contributed by atoms with Gasteiger partial charge in [-0.3, -0.25) is 4.57 Å². The molecule has 3 rings (SSSR count). The van der Waals surface area contributed by atoms with Crippen molar-refractivity contribution >= 4 is 11.0 Å². The van der Waals surface area contributed by atoms with E-state index in [2.05, 4.69) is 32.5 Å². The zero-order chi connectivity index (χ0) is 13.2.